The summed E-state index contributed by atoms with van der Waals surface area (Å²) >= 11 is 0. The van der Waals surface area contributed by atoms with Gasteiger partial charge in [0, 0.05) is 47.0 Å². The number of aryl methyl sites for hydroxylation is 1. The molecule has 0 fully saturated rings. The summed E-state index contributed by atoms with van der Waals surface area (Å²) in [4.78, 5) is 31.7. The van der Waals surface area contributed by atoms with Crippen LogP contribution in [0, 0.1) is 6.92 Å². The summed E-state index contributed by atoms with van der Waals surface area (Å²) in [6.07, 6.45) is 1.82. The number of H-pyrrole nitrogens is 1. The van der Waals surface area contributed by atoms with Crippen LogP contribution in [0.25, 0.3) is 22.8 Å². The standard InChI is InChI=1S/C27H31N5O2/c1-4-32(5-2)14-13-29-27(34)24-17(3)30-23(25(24)18-9-8-10-19(28)15-18)16-21-20-11-6-7-12-22(20)31-26(21)33/h6-12,15-16,30H,4-5,13-14,28H2,1-3H3,(H,29,34)(H,31,33)/b21-16-. The van der Waals surface area contributed by atoms with Crippen LogP contribution in [0.3, 0.4) is 0 Å². The SMILES string of the molecule is CCN(CC)CCNC(=O)c1c(C)[nH]c(/C=C2\C(=O)Nc3ccccc32)c1-c1cccc(N)c1. The normalized spacial score (nSPS) is 13.9. The number of likely N-dealkylation sites (N-methyl/N-ethyl adjacent to an activating group) is 1. The first kappa shape index (κ1) is 23.3. The van der Waals surface area contributed by atoms with Crippen LogP contribution in [-0.4, -0.2) is 47.9 Å². The van der Waals surface area contributed by atoms with E-state index in [0.717, 1.165) is 47.7 Å². The van der Waals surface area contributed by atoms with E-state index in [9.17, 15) is 9.59 Å². The van der Waals surface area contributed by atoms with E-state index in [1.165, 1.54) is 0 Å². The number of aromatic nitrogens is 1. The Kier molecular flexibility index (Phi) is 6.84. The van der Waals surface area contributed by atoms with Gasteiger partial charge in [0.15, 0.2) is 0 Å². The molecule has 176 valence electrons. The number of rotatable bonds is 8. The number of nitrogens with two attached hydrogens (primary N) is 1. The highest BCUT2D eigenvalue weighted by Crippen LogP contribution is 2.37. The molecule has 7 nitrogen and oxygen atoms in total. The molecular formula is C27H31N5O2. The Bertz CT molecular complexity index is 1250. The fraction of sp³-hybridized carbons (Fsp3) is 0.259. The van der Waals surface area contributed by atoms with Crippen LogP contribution in [0.5, 0.6) is 0 Å². The van der Waals surface area contributed by atoms with Crippen molar-refractivity contribution in [3.8, 4) is 11.1 Å². The second-order valence-electron chi connectivity index (χ2n) is 8.38. The van der Waals surface area contributed by atoms with E-state index in [2.05, 4.69) is 34.4 Å². The third-order valence-electron chi connectivity index (χ3n) is 6.23. The third-order valence-corrected chi connectivity index (χ3v) is 6.23. The minimum atomic E-state index is -0.169. The average molecular weight is 458 g/mol. The molecule has 1 aliphatic heterocycles. The summed E-state index contributed by atoms with van der Waals surface area (Å²) in [6, 6.07) is 15.0. The van der Waals surface area contributed by atoms with Crippen LogP contribution in [0.4, 0.5) is 11.4 Å². The first-order valence-corrected chi connectivity index (χ1v) is 11.6. The zero-order valence-electron chi connectivity index (χ0n) is 19.9. The van der Waals surface area contributed by atoms with Gasteiger partial charge in [0.05, 0.1) is 11.1 Å². The lowest BCUT2D eigenvalue weighted by molar-refractivity contribution is -0.110. The van der Waals surface area contributed by atoms with Gasteiger partial charge in [-0.3, -0.25) is 9.59 Å². The van der Waals surface area contributed by atoms with E-state index in [-0.39, 0.29) is 11.8 Å². The highest BCUT2D eigenvalue weighted by Gasteiger charge is 2.26. The zero-order chi connectivity index (χ0) is 24.2. The molecular weight excluding hydrogens is 426 g/mol. The van der Waals surface area contributed by atoms with Gasteiger partial charge in [-0.1, -0.05) is 44.2 Å². The number of carbonyl (C=O) groups is 2. The molecule has 1 aromatic heterocycles. The van der Waals surface area contributed by atoms with Gasteiger partial charge < -0.3 is 26.3 Å². The van der Waals surface area contributed by atoms with Crippen molar-refractivity contribution in [3.05, 3.63) is 71.0 Å². The predicted molar refractivity (Wildman–Crippen MR) is 138 cm³/mol. The van der Waals surface area contributed by atoms with E-state index in [1.807, 2.05) is 61.5 Å². The minimum Gasteiger partial charge on any atom is -0.399 e. The van der Waals surface area contributed by atoms with Crippen molar-refractivity contribution in [2.45, 2.75) is 20.8 Å². The van der Waals surface area contributed by atoms with Gasteiger partial charge in [-0.2, -0.15) is 0 Å². The summed E-state index contributed by atoms with van der Waals surface area (Å²) in [6.45, 7) is 9.29. The van der Waals surface area contributed by atoms with Crippen molar-refractivity contribution < 1.29 is 9.59 Å². The molecule has 2 amide bonds. The molecule has 2 aromatic carbocycles. The van der Waals surface area contributed by atoms with Crippen LogP contribution in [0.1, 0.15) is 41.2 Å². The molecule has 2 heterocycles. The summed E-state index contributed by atoms with van der Waals surface area (Å²) < 4.78 is 0. The highest BCUT2D eigenvalue weighted by atomic mass is 16.2. The maximum Gasteiger partial charge on any atom is 0.256 e. The van der Waals surface area contributed by atoms with Gasteiger partial charge in [-0.15, -0.1) is 0 Å². The Hall–Kier alpha value is -3.84. The summed E-state index contributed by atoms with van der Waals surface area (Å²) in [5, 5.41) is 5.97. The molecule has 7 heteroatoms. The number of amides is 2. The largest absolute Gasteiger partial charge is 0.399 e. The number of hydrogen-bond donors (Lipinski definition) is 4. The number of anilines is 2. The summed E-state index contributed by atoms with van der Waals surface area (Å²) in [5.74, 6) is -0.323. The zero-order valence-corrected chi connectivity index (χ0v) is 19.9. The Morgan fingerprint density at radius 2 is 1.88 bits per heavy atom. The van der Waals surface area contributed by atoms with E-state index in [1.54, 1.807) is 0 Å². The smallest absolute Gasteiger partial charge is 0.256 e. The number of para-hydroxylation sites is 1. The van der Waals surface area contributed by atoms with Crippen LogP contribution in [0.2, 0.25) is 0 Å². The van der Waals surface area contributed by atoms with Crippen molar-refractivity contribution in [2.24, 2.45) is 0 Å². The highest BCUT2D eigenvalue weighted by molar-refractivity contribution is 6.35. The van der Waals surface area contributed by atoms with Crippen LogP contribution >= 0.6 is 0 Å². The molecule has 3 aromatic rings. The lowest BCUT2D eigenvalue weighted by atomic mass is 9.97. The molecule has 0 aliphatic carbocycles. The molecule has 5 N–H and O–H groups in total. The molecule has 0 atom stereocenters. The number of nitrogen functional groups attached to an aromatic ring is 1. The van der Waals surface area contributed by atoms with E-state index in [4.69, 9.17) is 5.73 Å². The fourth-order valence-corrected chi connectivity index (χ4v) is 4.42. The molecule has 0 bridgehead atoms. The molecule has 0 spiro atoms. The van der Waals surface area contributed by atoms with E-state index in [0.29, 0.717) is 29.1 Å². The number of aromatic amines is 1. The second kappa shape index (κ2) is 9.97. The van der Waals surface area contributed by atoms with Gasteiger partial charge in [0.25, 0.3) is 11.8 Å². The molecule has 0 radical (unpaired) electrons. The number of carbonyl (C=O) groups excluding carboxylic acids is 2. The molecule has 0 saturated heterocycles. The average Bonchev–Trinajstić information content (AvgIpc) is 3.32. The predicted octanol–water partition coefficient (Wildman–Crippen LogP) is 4.14. The van der Waals surface area contributed by atoms with Gasteiger partial charge >= 0.3 is 0 Å². The van der Waals surface area contributed by atoms with E-state index < -0.39 is 0 Å². The lowest BCUT2D eigenvalue weighted by Gasteiger charge is -2.18. The number of nitrogens with zero attached hydrogens (tertiary/aromatic N) is 1. The maximum atomic E-state index is 13.3. The van der Waals surface area contributed by atoms with Crippen molar-refractivity contribution in [2.75, 3.05) is 37.2 Å². The first-order chi connectivity index (χ1) is 16.4. The Morgan fingerprint density at radius 3 is 2.62 bits per heavy atom. The monoisotopic (exact) mass is 457 g/mol. The van der Waals surface area contributed by atoms with Crippen molar-refractivity contribution in [3.63, 3.8) is 0 Å². The maximum absolute atomic E-state index is 13.3. The lowest BCUT2D eigenvalue weighted by Crippen LogP contribution is -2.35. The van der Waals surface area contributed by atoms with Gasteiger partial charge in [-0.25, -0.2) is 0 Å². The van der Waals surface area contributed by atoms with Gasteiger partial charge in [0.1, 0.15) is 0 Å². The van der Waals surface area contributed by atoms with Crippen molar-refractivity contribution in [1.29, 1.82) is 0 Å². The first-order valence-electron chi connectivity index (χ1n) is 11.6. The fourth-order valence-electron chi connectivity index (χ4n) is 4.42. The summed E-state index contributed by atoms with van der Waals surface area (Å²) in [7, 11) is 0. The Labute approximate surface area is 200 Å². The minimum absolute atomic E-state index is 0.153. The van der Waals surface area contributed by atoms with Crippen LogP contribution < -0.4 is 16.4 Å². The second-order valence-corrected chi connectivity index (χ2v) is 8.38. The third kappa shape index (κ3) is 4.61. The summed E-state index contributed by atoms with van der Waals surface area (Å²) in [5.41, 5.74) is 12.4. The molecule has 34 heavy (non-hydrogen) atoms. The molecule has 0 saturated carbocycles. The van der Waals surface area contributed by atoms with Crippen molar-refractivity contribution in [1.82, 2.24) is 15.2 Å². The Morgan fingerprint density at radius 1 is 1.12 bits per heavy atom. The van der Waals surface area contributed by atoms with Crippen LogP contribution in [0.15, 0.2) is 48.5 Å². The number of benzene rings is 2. The van der Waals surface area contributed by atoms with Crippen molar-refractivity contribution >= 4 is 34.8 Å². The Balaban J connectivity index is 1.77. The molecule has 1 aliphatic rings. The molecule has 0 unspecified atom stereocenters. The number of nitrogens with one attached hydrogen (secondary N) is 3. The number of fused-ring (bicyclic) bond motifs is 1. The topological polar surface area (TPSA) is 103 Å². The molecule has 4 rings (SSSR count). The van der Waals surface area contributed by atoms with Gasteiger partial charge in [-0.05, 0) is 49.9 Å². The van der Waals surface area contributed by atoms with Gasteiger partial charge in [0.2, 0.25) is 0 Å². The van der Waals surface area contributed by atoms with Crippen LogP contribution in [-0.2, 0) is 4.79 Å². The quantitative estimate of drug-likeness (QED) is 0.302. The number of hydrogen-bond acceptors (Lipinski definition) is 4. The van der Waals surface area contributed by atoms with E-state index >= 15 is 0 Å².